The molecular formula is C11H17FN2O. The maximum Gasteiger partial charge on any atom is 0.128 e. The van der Waals surface area contributed by atoms with Crippen molar-refractivity contribution >= 4 is 0 Å². The molecule has 0 radical (unpaired) electrons. The molecule has 4 heteroatoms. The zero-order valence-electron chi connectivity index (χ0n) is 9.07. The third-order valence-electron chi connectivity index (χ3n) is 2.19. The highest BCUT2D eigenvalue weighted by Crippen LogP contribution is 2.16. The van der Waals surface area contributed by atoms with Gasteiger partial charge in [-0.25, -0.2) is 4.39 Å². The van der Waals surface area contributed by atoms with Crippen LogP contribution < -0.4 is 5.73 Å². The Morgan fingerprint density at radius 3 is 2.60 bits per heavy atom. The molecule has 84 valence electrons. The van der Waals surface area contributed by atoms with Crippen LogP contribution in [0.15, 0.2) is 18.2 Å². The Hall–Kier alpha value is -0.970. The molecular weight excluding hydrogens is 195 g/mol. The fourth-order valence-electron chi connectivity index (χ4n) is 1.37. The molecule has 0 heterocycles. The van der Waals surface area contributed by atoms with Crippen molar-refractivity contribution in [2.45, 2.75) is 12.6 Å². The summed E-state index contributed by atoms with van der Waals surface area (Å²) in [5, 5.41) is 8.84. The van der Waals surface area contributed by atoms with Crippen LogP contribution in [0.2, 0.25) is 0 Å². The fraction of sp³-hybridized carbons (Fsp3) is 0.455. The highest BCUT2D eigenvalue weighted by molar-refractivity contribution is 5.26. The molecule has 15 heavy (non-hydrogen) atoms. The number of hydrogen-bond donors (Lipinski definition) is 2. The van der Waals surface area contributed by atoms with Gasteiger partial charge in [0.05, 0.1) is 12.6 Å². The Morgan fingerprint density at radius 2 is 2.13 bits per heavy atom. The van der Waals surface area contributed by atoms with E-state index in [1.54, 1.807) is 12.1 Å². The number of halogens is 1. The van der Waals surface area contributed by atoms with Crippen molar-refractivity contribution in [2.24, 2.45) is 5.73 Å². The Balaban J connectivity index is 2.88. The van der Waals surface area contributed by atoms with Crippen molar-refractivity contribution in [2.75, 3.05) is 20.7 Å². The molecule has 1 unspecified atom stereocenters. The lowest BCUT2D eigenvalue weighted by molar-refractivity contribution is 0.267. The minimum atomic E-state index is -0.507. The molecule has 0 saturated heterocycles. The van der Waals surface area contributed by atoms with Gasteiger partial charge >= 0.3 is 0 Å². The second kappa shape index (κ2) is 5.21. The fourth-order valence-corrected chi connectivity index (χ4v) is 1.37. The predicted molar refractivity (Wildman–Crippen MR) is 57.8 cm³/mol. The van der Waals surface area contributed by atoms with Gasteiger partial charge in [0.15, 0.2) is 0 Å². The summed E-state index contributed by atoms with van der Waals surface area (Å²) in [6, 6.07) is 4.34. The van der Waals surface area contributed by atoms with Gasteiger partial charge in [-0.1, -0.05) is 12.1 Å². The third kappa shape index (κ3) is 3.27. The zero-order chi connectivity index (χ0) is 11.4. The van der Waals surface area contributed by atoms with Gasteiger partial charge in [0.25, 0.3) is 0 Å². The molecule has 3 N–H and O–H groups in total. The zero-order valence-corrected chi connectivity index (χ0v) is 9.07. The molecule has 0 aliphatic carbocycles. The summed E-state index contributed by atoms with van der Waals surface area (Å²) < 4.78 is 13.5. The first-order chi connectivity index (χ1) is 7.04. The molecule has 0 spiro atoms. The molecule has 3 nitrogen and oxygen atoms in total. The summed E-state index contributed by atoms with van der Waals surface area (Å²) in [4.78, 5) is 1.89. The first-order valence-electron chi connectivity index (χ1n) is 4.84. The van der Waals surface area contributed by atoms with E-state index in [1.807, 2.05) is 19.0 Å². The molecule has 1 atom stereocenters. The topological polar surface area (TPSA) is 49.5 Å². The molecule has 1 aromatic rings. The van der Waals surface area contributed by atoms with E-state index in [2.05, 4.69) is 0 Å². The molecule has 0 saturated carbocycles. The van der Waals surface area contributed by atoms with Crippen LogP contribution in [-0.2, 0) is 6.54 Å². The molecule has 0 bridgehead atoms. The van der Waals surface area contributed by atoms with Gasteiger partial charge in [-0.3, -0.25) is 0 Å². The Bertz CT molecular complexity index is 328. The standard InChI is InChI=1S/C11H17FN2O/c1-14(2)6-9-4-3-8(5-10(9)12)11(13)7-15/h3-5,11,15H,6-7,13H2,1-2H3. The van der Waals surface area contributed by atoms with Crippen molar-refractivity contribution in [3.05, 3.63) is 35.1 Å². The SMILES string of the molecule is CN(C)Cc1ccc(C(N)CO)cc1F. The average Bonchev–Trinajstić information content (AvgIpc) is 2.19. The minimum absolute atomic E-state index is 0.174. The van der Waals surface area contributed by atoms with Crippen LogP contribution in [-0.4, -0.2) is 30.7 Å². The average molecular weight is 212 g/mol. The maximum atomic E-state index is 13.5. The second-order valence-corrected chi connectivity index (χ2v) is 3.88. The van der Waals surface area contributed by atoms with E-state index in [1.165, 1.54) is 6.07 Å². The summed E-state index contributed by atoms with van der Waals surface area (Å²) in [5.74, 6) is -0.273. The molecule has 0 aromatic heterocycles. The van der Waals surface area contributed by atoms with Gasteiger partial charge in [-0.05, 0) is 25.7 Å². The Labute approximate surface area is 89.3 Å². The summed E-state index contributed by atoms with van der Waals surface area (Å²) in [6.07, 6.45) is 0. The molecule has 0 aliphatic rings. The number of rotatable bonds is 4. The lowest BCUT2D eigenvalue weighted by Crippen LogP contribution is -2.16. The molecule has 0 aliphatic heterocycles. The van der Waals surface area contributed by atoms with Crippen LogP contribution in [0.5, 0.6) is 0 Å². The maximum absolute atomic E-state index is 13.5. The number of nitrogens with zero attached hydrogens (tertiary/aromatic N) is 1. The van der Waals surface area contributed by atoms with Gasteiger partial charge in [-0.15, -0.1) is 0 Å². The van der Waals surface area contributed by atoms with E-state index >= 15 is 0 Å². The first kappa shape index (κ1) is 12.1. The highest BCUT2D eigenvalue weighted by atomic mass is 19.1. The molecule has 0 fully saturated rings. The van der Waals surface area contributed by atoms with Crippen LogP contribution in [0.4, 0.5) is 4.39 Å². The highest BCUT2D eigenvalue weighted by Gasteiger charge is 2.09. The summed E-state index contributed by atoms with van der Waals surface area (Å²) in [6.45, 7) is 0.382. The van der Waals surface area contributed by atoms with Crippen molar-refractivity contribution in [1.29, 1.82) is 0 Å². The number of nitrogens with two attached hydrogens (primary N) is 1. The molecule has 1 aromatic carbocycles. The van der Waals surface area contributed by atoms with Crippen LogP contribution in [0.3, 0.4) is 0 Å². The van der Waals surface area contributed by atoms with Crippen LogP contribution in [0, 0.1) is 5.82 Å². The largest absolute Gasteiger partial charge is 0.394 e. The van der Waals surface area contributed by atoms with Crippen LogP contribution in [0.1, 0.15) is 17.2 Å². The monoisotopic (exact) mass is 212 g/mol. The quantitative estimate of drug-likeness (QED) is 0.779. The first-order valence-corrected chi connectivity index (χ1v) is 4.84. The number of hydrogen-bond acceptors (Lipinski definition) is 3. The van der Waals surface area contributed by atoms with E-state index < -0.39 is 6.04 Å². The Kier molecular flexibility index (Phi) is 4.20. The van der Waals surface area contributed by atoms with E-state index in [0.29, 0.717) is 17.7 Å². The lowest BCUT2D eigenvalue weighted by Gasteiger charge is -2.13. The van der Waals surface area contributed by atoms with Gasteiger partial charge in [0.2, 0.25) is 0 Å². The second-order valence-electron chi connectivity index (χ2n) is 3.88. The van der Waals surface area contributed by atoms with Gasteiger partial charge in [0.1, 0.15) is 5.82 Å². The van der Waals surface area contributed by atoms with Crippen molar-refractivity contribution in [3.8, 4) is 0 Å². The molecule has 0 amide bonds. The van der Waals surface area contributed by atoms with E-state index in [-0.39, 0.29) is 12.4 Å². The number of benzene rings is 1. The van der Waals surface area contributed by atoms with E-state index in [0.717, 1.165) is 0 Å². The summed E-state index contributed by atoms with van der Waals surface area (Å²) in [5.41, 5.74) is 6.84. The van der Waals surface area contributed by atoms with Gasteiger partial charge in [0, 0.05) is 12.1 Å². The summed E-state index contributed by atoms with van der Waals surface area (Å²) in [7, 11) is 3.76. The lowest BCUT2D eigenvalue weighted by atomic mass is 10.1. The van der Waals surface area contributed by atoms with Gasteiger partial charge in [-0.2, -0.15) is 0 Å². The normalized spacial score (nSPS) is 13.2. The smallest absolute Gasteiger partial charge is 0.128 e. The predicted octanol–water partition coefficient (Wildman–Crippen LogP) is 0.879. The third-order valence-corrected chi connectivity index (χ3v) is 2.19. The van der Waals surface area contributed by atoms with Crippen molar-refractivity contribution in [3.63, 3.8) is 0 Å². The van der Waals surface area contributed by atoms with Crippen molar-refractivity contribution in [1.82, 2.24) is 4.90 Å². The van der Waals surface area contributed by atoms with Crippen molar-refractivity contribution < 1.29 is 9.50 Å². The Morgan fingerprint density at radius 1 is 1.47 bits per heavy atom. The number of aliphatic hydroxyl groups excluding tert-OH is 1. The minimum Gasteiger partial charge on any atom is -0.394 e. The van der Waals surface area contributed by atoms with E-state index in [9.17, 15) is 4.39 Å². The molecule has 1 rings (SSSR count). The van der Waals surface area contributed by atoms with E-state index in [4.69, 9.17) is 10.8 Å². The summed E-state index contributed by atoms with van der Waals surface area (Å²) >= 11 is 0. The van der Waals surface area contributed by atoms with Gasteiger partial charge < -0.3 is 15.7 Å². The van der Waals surface area contributed by atoms with Crippen LogP contribution in [0.25, 0.3) is 0 Å². The van der Waals surface area contributed by atoms with Crippen LogP contribution >= 0.6 is 0 Å². The number of aliphatic hydroxyl groups is 1.